The van der Waals surface area contributed by atoms with E-state index in [2.05, 4.69) is 34.8 Å². The van der Waals surface area contributed by atoms with Crippen molar-refractivity contribution in [1.82, 2.24) is 4.98 Å². The van der Waals surface area contributed by atoms with Crippen LogP contribution in [-0.4, -0.2) is 4.98 Å². The minimum Gasteiger partial charge on any atom is -0.263 e. The average Bonchev–Trinajstić information content (AvgIpc) is 2.03. The second-order valence-corrected chi connectivity index (χ2v) is 4.47. The molecule has 0 fully saturated rings. The fourth-order valence-corrected chi connectivity index (χ4v) is 1.47. The molecule has 1 nitrogen and oxygen atoms in total. The molecule has 0 unspecified atom stereocenters. The van der Waals surface area contributed by atoms with Gasteiger partial charge in [-0.3, -0.25) is 4.98 Å². The molecule has 0 amide bonds. The van der Waals surface area contributed by atoms with Gasteiger partial charge in [0.15, 0.2) is 0 Å². The Balaban J connectivity index is 2.88. The summed E-state index contributed by atoms with van der Waals surface area (Å²) < 4.78 is 0.978. The van der Waals surface area contributed by atoms with Crippen LogP contribution >= 0.6 is 27.5 Å². The van der Waals surface area contributed by atoms with Crippen LogP contribution in [0.1, 0.15) is 24.8 Å². The van der Waals surface area contributed by atoms with Crippen molar-refractivity contribution >= 4 is 27.5 Å². The largest absolute Gasteiger partial charge is 0.263 e. The first-order valence-electron chi connectivity index (χ1n) is 3.86. The fraction of sp³-hybridized carbons (Fsp3) is 0.444. The number of hydrogen-bond acceptors (Lipinski definition) is 1. The van der Waals surface area contributed by atoms with Gasteiger partial charge >= 0.3 is 0 Å². The Morgan fingerprint density at radius 2 is 2.08 bits per heavy atom. The average molecular weight is 249 g/mol. The first-order chi connectivity index (χ1) is 5.61. The Kier molecular flexibility index (Phi) is 3.53. The number of rotatable bonds is 2. The summed E-state index contributed by atoms with van der Waals surface area (Å²) in [6.45, 7) is 4.19. The molecule has 0 aliphatic rings. The van der Waals surface area contributed by atoms with Crippen LogP contribution in [0.4, 0.5) is 0 Å². The van der Waals surface area contributed by atoms with Crippen LogP contribution in [0, 0.1) is 5.92 Å². The predicted octanol–water partition coefficient (Wildman–Crippen LogP) is 3.78. The van der Waals surface area contributed by atoms with Crippen LogP contribution in [0.25, 0.3) is 0 Å². The molecule has 0 saturated carbocycles. The minimum atomic E-state index is 0.0509. The molecule has 0 radical (unpaired) electrons. The summed E-state index contributed by atoms with van der Waals surface area (Å²) in [5.74, 6) is 0.433. The van der Waals surface area contributed by atoms with Crippen molar-refractivity contribution < 1.29 is 0 Å². The van der Waals surface area contributed by atoms with Crippen molar-refractivity contribution in [1.29, 1.82) is 0 Å². The van der Waals surface area contributed by atoms with Gasteiger partial charge in [-0.2, -0.15) is 0 Å². The Morgan fingerprint density at radius 3 is 2.58 bits per heavy atom. The lowest BCUT2D eigenvalue weighted by atomic mass is 10.0. The number of aromatic nitrogens is 1. The molecule has 0 aromatic carbocycles. The number of alkyl halides is 1. The summed E-state index contributed by atoms with van der Waals surface area (Å²) in [6.07, 6.45) is 3.57. The van der Waals surface area contributed by atoms with E-state index in [-0.39, 0.29) is 5.38 Å². The SMILES string of the molecule is CC(C)[C@@H](Cl)c1cncc(Br)c1. The topological polar surface area (TPSA) is 12.9 Å². The third-order valence-corrected chi connectivity index (χ3v) is 2.82. The fourth-order valence-electron chi connectivity index (χ4n) is 0.964. The van der Waals surface area contributed by atoms with Gasteiger partial charge in [-0.15, -0.1) is 11.6 Å². The number of halogens is 2. The Bertz CT molecular complexity index is 262. The normalized spacial score (nSPS) is 13.4. The number of pyridine rings is 1. The molecule has 0 N–H and O–H groups in total. The molecule has 0 aliphatic heterocycles. The molecule has 12 heavy (non-hydrogen) atoms. The third kappa shape index (κ3) is 2.46. The van der Waals surface area contributed by atoms with E-state index >= 15 is 0 Å². The molecule has 0 spiro atoms. The van der Waals surface area contributed by atoms with Crippen molar-refractivity contribution in [3.05, 3.63) is 28.5 Å². The molecule has 66 valence electrons. The van der Waals surface area contributed by atoms with Crippen molar-refractivity contribution in [3.63, 3.8) is 0 Å². The highest BCUT2D eigenvalue weighted by Crippen LogP contribution is 2.28. The van der Waals surface area contributed by atoms with Crippen LogP contribution in [0.5, 0.6) is 0 Å². The van der Waals surface area contributed by atoms with E-state index < -0.39 is 0 Å². The highest BCUT2D eigenvalue weighted by molar-refractivity contribution is 9.10. The third-order valence-electron chi connectivity index (χ3n) is 1.63. The molecule has 0 aliphatic carbocycles. The Labute approximate surface area is 86.3 Å². The maximum Gasteiger partial charge on any atom is 0.0623 e. The Morgan fingerprint density at radius 1 is 1.42 bits per heavy atom. The van der Waals surface area contributed by atoms with E-state index in [1.54, 1.807) is 6.20 Å². The molecular weight excluding hydrogens is 237 g/mol. The molecule has 0 bridgehead atoms. The molecule has 1 aromatic rings. The molecule has 1 aromatic heterocycles. The maximum absolute atomic E-state index is 6.15. The second-order valence-electron chi connectivity index (χ2n) is 3.08. The minimum absolute atomic E-state index is 0.0509. The monoisotopic (exact) mass is 247 g/mol. The van der Waals surface area contributed by atoms with Crippen LogP contribution in [0.2, 0.25) is 0 Å². The quantitative estimate of drug-likeness (QED) is 0.726. The zero-order valence-corrected chi connectivity index (χ0v) is 9.43. The van der Waals surface area contributed by atoms with Gasteiger partial charge in [-0.25, -0.2) is 0 Å². The van der Waals surface area contributed by atoms with E-state index in [0.29, 0.717) is 5.92 Å². The van der Waals surface area contributed by atoms with Gasteiger partial charge in [0, 0.05) is 16.9 Å². The first-order valence-corrected chi connectivity index (χ1v) is 5.08. The lowest BCUT2D eigenvalue weighted by Crippen LogP contribution is -1.99. The summed E-state index contributed by atoms with van der Waals surface area (Å²) in [5.41, 5.74) is 1.07. The van der Waals surface area contributed by atoms with Crippen LogP contribution < -0.4 is 0 Å². The summed E-state index contributed by atoms with van der Waals surface area (Å²) in [6, 6.07) is 2.00. The molecule has 1 rings (SSSR count). The van der Waals surface area contributed by atoms with E-state index in [9.17, 15) is 0 Å². The highest BCUT2D eigenvalue weighted by atomic mass is 79.9. The van der Waals surface area contributed by atoms with Crippen LogP contribution in [-0.2, 0) is 0 Å². The van der Waals surface area contributed by atoms with Gasteiger partial charge in [0.2, 0.25) is 0 Å². The molecule has 1 atom stereocenters. The zero-order chi connectivity index (χ0) is 9.14. The number of hydrogen-bond donors (Lipinski definition) is 0. The van der Waals surface area contributed by atoms with E-state index in [1.165, 1.54) is 0 Å². The van der Waals surface area contributed by atoms with Crippen molar-refractivity contribution in [2.24, 2.45) is 5.92 Å². The predicted molar refractivity (Wildman–Crippen MR) is 55.4 cm³/mol. The summed E-state index contributed by atoms with van der Waals surface area (Å²) in [5, 5.41) is 0.0509. The van der Waals surface area contributed by atoms with E-state index in [0.717, 1.165) is 10.0 Å². The van der Waals surface area contributed by atoms with Crippen LogP contribution in [0.3, 0.4) is 0 Å². The van der Waals surface area contributed by atoms with Gasteiger partial charge in [-0.05, 0) is 33.5 Å². The lowest BCUT2D eigenvalue weighted by molar-refractivity contribution is 0.622. The van der Waals surface area contributed by atoms with Gasteiger partial charge in [-0.1, -0.05) is 13.8 Å². The highest BCUT2D eigenvalue weighted by Gasteiger charge is 2.12. The van der Waals surface area contributed by atoms with Crippen LogP contribution in [0.15, 0.2) is 22.9 Å². The molecule has 3 heteroatoms. The van der Waals surface area contributed by atoms with Gasteiger partial charge in [0.05, 0.1) is 5.38 Å². The van der Waals surface area contributed by atoms with Crippen molar-refractivity contribution in [3.8, 4) is 0 Å². The van der Waals surface area contributed by atoms with Crippen molar-refractivity contribution in [2.45, 2.75) is 19.2 Å². The molecule has 0 saturated heterocycles. The van der Waals surface area contributed by atoms with Crippen molar-refractivity contribution in [2.75, 3.05) is 0 Å². The molecule has 1 heterocycles. The summed E-state index contributed by atoms with van der Waals surface area (Å²) in [4.78, 5) is 4.06. The molecular formula is C9H11BrClN. The summed E-state index contributed by atoms with van der Waals surface area (Å²) >= 11 is 9.51. The zero-order valence-electron chi connectivity index (χ0n) is 7.09. The van der Waals surface area contributed by atoms with Gasteiger partial charge in [0.1, 0.15) is 0 Å². The smallest absolute Gasteiger partial charge is 0.0623 e. The van der Waals surface area contributed by atoms with Gasteiger partial charge < -0.3 is 0 Å². The standard InChI is InChI=1S/C9H11BrClN/c1-6(2)9(11)7-3-8(10)5-12-4-7/h3-6,9H,1-2H3/t9-/m1/s1. The van der Waals surface area contributed by atoms with E-state index in [4.69, 9.17) is 11.6 Å². The summed E-state index contributed by atoms with van der Waals surface area (Å²) in [7, 11) is 0. The van der Waals surface area contributed by atoms with Gasteiger partial charge in [0.25, 0.3) is 0 Å². The van der Waals surface area contributed by atoms with E-state index in [1.807, 2.05) is 12.3 Å². The lowest BCUT2D eigenvalue weighted by Gasteiger charge is -2.12. The Hall–Kier alpha value is -0.0800. The first kappa shape index (κ1) is 10.0. The second kappa shape index (κ2) is 4.24. The maximum atomic E-state index is 6.15. The number of nitrogens with zero attached hydrogens (tertiary/aromatic N) is 1.